The van der Waals surface area contributed by atoms with Crippen LogP contribution in [0.1, 0.15) is 15.4 Å². The zero-order valence-electron chi connectivity index (χ0n) is 11.0. The second kappa shape index (κ2) is 5.99. The molecule has 0 aliphatic heterocycles. The van der Waals surface area contributed by atoms with E-state index in [1.165, 1.54) is 0 Å². The van der Waals surface area contributed by atoms with Gasteiger partial charge in [-0.1, -0.05) is 32.8 Å². The molecular formula is C12H7Cl2N5O2S. The molecule has 0 bridgehead atoms. The smallest absolute Gasteiger partial charge is 0.322 e. The second-order valence-electron chi connectivity index (χ2n) is 4.18. The number of benzene rings is 1. The molecule has 0 aliphatic rings. The standard InChI is InChI=1S/C12H7Cl2N5O2S/c1-5-9(22-19-16-5)10(20)15-12-18-17-11(21-12)7-3-2-6(13)4-8(7)14/h2-4H,1H3,(H,15,18,20). The van der Waals surface area contributed by atoms with Crippen molar-refractivity contribution in [3.05, 3.63) is 38.8 Å². The summed E-state index contributed by atoms with van der Waals surface area (Å²) in [4.78, 5) is 12.4. The third-order valence-corrected chi connectivity index (χ3v) is 4.04. The number of hydrogen-bond acceptors (Lipinski definition) is 7. The number of halogens is 2. The Balaban J connectivity index is 1.82. The maximum Gasteiger partial charge on any atom is 0.322 e. The first-order valence-electron chi connectivity index (χ1n) is 5.94. The zero-order valence-corrected chi connectivity index (χ0v) is 13.3. The van der Waals surface area contributed by atoms with Gasteiger partial charge >= 0.3 is 6.01 Å². The highest BCUT2D eigenvalue weighted by molar-refractivity contribution is 7.08. The Labute approximate surface area is 138 Å². The number of aryl methyl sites for hydroxylation is 1. The Hall–Kier alpha value is -2.03. The molecule has 1 N–H and O–H groups in total. The van der Waals surface area contributed by atoms with Gasteiger partial charge in [0, 0.05) is 5.02 Å². The molecule has 0 aliphatic carbocycles. The predicted octanol–water partition coefficient (Wildman–Crippen LogP) is 3.46. The third kappa shape index (κ3) is 2.94. The summed E-state index contributed by atoms with van der Waals surface area (Å²) in [5.41, 5.74) is 1.05. The number of aromatic nitrogens is 4. The number of carbonyl (C=O) groups is 1. The first-order valence-corrected chi connectivity index (χ1v) is 7.47. The Bertz CT molecular complexity index is 848. The molecular weight excluding hydrogens is 349 g/mol. The normalized spacial score (nSPS) is 10.7. The van der Waals surface area contributed by atoms with Crippen molar-refractivity contribution in [1.29, 1.82) is 0 Å². The molecule has 0 atom stereocenters. The zero-order chi connectivity index (χ0) is 15.7. The molecule has 0 saturated heterocycles. The van der Waals surface area contributed by atoms with E-state index in [0.29, 0.717) is 26.2 Å². The van der Waals surface area contributed by atoms with Crippen molar-refractivity contribution in [3.8, 4) is 11.5 Å². The van der Waals surface area contributed by atoms with Gasteiger partial charge < -0.3 is 4.42 Å². The van der Waals surface area contributed by atoms with E-state index >= 15 is 0 Å². The van der Waals surface area contributed by atoms with E-state index in [0.717, 1.165) is 11.5 Å². The summed E-state index contributed by atoms with van der Waals surface area (Å²) in [5, 5.41) is 14.7. The molecule has 10 heteroatoms. The molecule has 0 radical (unpaired) electrons. The van der Waals surface area contributed by atoms with Gasteiger partial charge in [0.2, 0.25) is 0 Å². The van der Waals surface area contributed by atoms with E-state index in [9.17, 15) is 4.79 Å². The first-order chi connectivity index (χ1) is 10.5. The average molecular weight is 356 g/mol. The Kier molecular flexibility index (Phi) is 4.06. The number of carbonyl (C=O) groups excluding carboxylic acids is 1. The monoisotopic (exact) mass is 355 g/mol. The lowest BCUT2D eigenvalue weighted by molar-refractivity contribution is 0.102. The molecule has 22 heavy (non-hydrogen) atoms. The highest BCUT2D eigenvalue weighted by Gasteiger charge is 2.18. The largest absolute Gasteiger partial charge is 0.403 e. The Morgan fingerprint density at radius 2 is 2.09 bits per heavy atom. The number of rotatable bonds is 3. The summed E-state index contributed by atoms with van der Waals surface area (Å²) in [6.45, 7) is 1.69. The lowest BCUT2D eigenvalue weighted by atomic mass is 10.2. The highest BCUT2D eigenvalue weighted by atomic mass is 35.5. The number of nitrogens with one attached hydrogen (secondary N) is 1. The first kappa shape index (κ1) is 14.9. The van der Waals surface area contributed by atoms with Crippen molar-refractivity contribution in [2.45, 2.75) is 6.92 Å². The minimum atomic E-state index is -0.412. The molecule has 112 valence electrons. The van der Waals surface area contributed by atoms with Crippen LogP contribution in [-0.4, -0.2) is 25.7 Å². The lowest BCUT2D eigenvalue weighted by Gasteiger charge is -1.99. The molecule has 0 spiro atoms. The summed E-state index contributed by atoms with van der Waals surface area (Å²) in [6, 6.07) is 4.82. The molecule has 3 rings (SSSR count). The molecule has 2 aromatic heterocycles. The Morgan fingerprint density at radius 3 is 2.77 bits per heavy atom. The molecule has 2 heterocycles. The van der Waals surface area contributed by atoms with E-state index in [4.69, 9.17) is 27.6 Å². The van der Waals surface area contributed by atoms with Crippen LogP contribution in [0.5, 0.6) is 0 Å². The summed E-state index contributed by atoms with van der Waals surface area (Å²) < 4.78 is 9.07. The predicted molar refractivity (Wildman–Crippen MR) is 82.4 cm³/mol. The van der Waals surface area contributed by atoms with E-state index < -0.39 is 5.91 Å². The van der Waals surface area contributed by atoms with Crippen LogP contribution >= 0.6 is 34.7 Å². The van der Waals surface area contributed by atoms with Crippen LogP contribution in [0.15, 0.2) is 22.6 Å². The van der Waals surface area contributed by atoms with Gasteiger partial charge in [0.05, 0.1) is 16.3 Å². The van der Waals surface area contributed by atoms with Gasteiger partial charge in [-0.25, -0.2) is 0 Å². The van der Waals surface area contributed by atoms with Gasteiger partial charge in [-0.2, -0.15) is 0 Å². The van der Waals surface area contributed by atoms with E-state index in [-0.39, 0.29) is 11.9 Å². The summed E-state index contributed by atoms with van der Waals surface area (Å²) >= 11 is 12.9. The summed E-state index contributed by atoms with van der Waals surface area (Å²) in [6.07, 6.45) is 0. The van der Waals surface area contributed by atoms with Gasteiger partial charge in [-0.15, -0.1) is 10.2 Å². The van der Waals surface area contributed by atoms with Crippen LogP contribution < -0.4 is 5.32 Å². The minimum Gasteiger partial charge on any atom is -0.403 e. The van der Waals surface area contributed by atoms with Crippen LogP contribution in [0.2, 0.25) is 10.0 Å². The average Bonchev–Trinajstić information content (AvgIpc) is 3.08. The topological polar surface area (TPSA) is 93.8 Å². The van der Waals surface area contributed by atoms with Crippen LogP contribution in [0, 0.1) is 6.92 Å². The number of amides is 1. The van der Waals surface area contributed by atoms with Crippen LogP contribution in [0.3, 0.4) is 0 Å². The molecule has 0 saturated carbocycles. The van der Waals surface area contributed by atoms with E-state index in [1.54, 1.807) is 25.1 Å². The maximum atomic E-state index is 12.0. The fourth-order valence-electron chi connectivity index (χ4n) is 1.64. The lowest BCUT2D eigenvalue weighted by Crippen LogP contribution is -2.11. The molecule has 7 nitrogen and oxygen atoms in total. The van der Waals surface area contributed by atoms with Crippen molar-refractivity contribution in [2.24, 2.45) is 0 Å². The number of anilines is 1. The van der Waals surface area contributed by atoms with Crippen molar-refractivity contribution in [1.82, 2.24) is 19.8 Å². The SMILES string of the molecule is Cc1nnsc1C(=O)Nc1nnc(-c2ccc(Cl)cc2Cl)o1. The number of nitrogens with zero attached hydrogens (tertiary/aromatic N) is 4. The van der Waals surface area contributed by atoms with Gasteiger partial charge in [-0.05, 0) is 36.7 Å². The summed E-state index contributed by atoms with van der Waals surface area (Å²) in [7, 11) is 0. The Morgan fingerprint density at radius 1 is 1.27 bits per heavy atom. The van der Waals surface area contributed by atoms with E-state index in [2.05, 4.69) is 25.1 Å². The molecule has 3 aromatic rings. The quantitative estimate of drug-likeness (QED) is 0.772. The third-order valence-electron chi connectivity index (χ3n) is 2.66. The van der Waals surface area contributed by atoms with Crippen molar-refractivity contribution in [2.75, 3.05) is 5.32 Å². The minimum absolute atomic E-state index is 0.0428. The maximum absolute atomic E-state index is 12.0. The fraction of sp³-hybridized carbons (Fsp3) is 0.0833. The van der Waals surface area contributed by atoms with Crippen molar-refractivity contribution in [3.63, 3.8) is 0 Å². The van der Waals surface area contributed by atoms with Crippen LogP contribution in [-0.2, 0) is 0 Å². The van der Waals surface area contributed by atoms with Crippen LogP contribution in [0.4, 0.5) is 6.01 Å². The van der Waals surface area contributed by atoms with Gasteiger partial charge in [0.1, 0.15) is 4.88 Å². The van der Waals surface area contributed by atoms with Gasteiger partial charge in [0.15, 0.2) is 0 Å². The van der Waals surface area contributed by atoms with E-state index in [1.807, 2.05) is 0 Å². The van der Waals surface area contributed by atoms with Gasteiger partial charge in [-0.3, -0.25) is 10.1 Å². The highest BCUT2D eigenvalue weighted by Crippen LogP contribution is 2.30. The molecule has 0 unspecified atom stereocenters. The fourth-order valence-corrected chi connectivity index (χ4v) is 2.68. The van der Waals surface area contributed by atoms with Crippen molar-refractivity contribution >= 4 is 46.7 Å². The second-order valence-corrected chi connectivity index (χ2v) is 5.78. The van der Waals surface area contributed by atoms with Crippen molar-refractivity contribution < 1.29 is 9.21 Å². The molecule has 1 amide bonds. The van der Waals surface area contributed by atoms with Crippen LogP contribution in [0.25, 0.3) is 11.5 Å². The van der Waals surface area contributed by atoms with Gasteiger partial charge in [0.25, 0.3) is 11.8 Å². The summed E-state index contributed by atoms with van der Waals surface area (Å²) in [5.74, 6) is -0.235. The number of hydrogen-bond donors (Lipinski definition) is 1. The molecule has 1 aromatic carbocycles. The molecule has 0 fully saturated rings.